The summed E-state index contributed by atoms with van der Waals surface area (Å²) >= 11 is 0. The number of alkyl halides is 3. The molecule has 1 nitrogen and oxygen atoms in total. The van der Waals surface area contributed by atoms with Gasteiger partial charge in [0, 0.05) is 0 Å². The fourth-order valence-corrected chi connectivity index (χ4v) is 2.65. The van der Waals surface area contributed by atoms with Crippen molar-refractivity contribution in [2.75, 3.05) is 0 Å². The Hall–Kier alpha value is -1.65. The number of allylic oxidation sites excluding steroid dienone is 2. The molecule has 1 aliphatic rings. The highest BCUT2D eigenvalue weighted by atomic mass is 19.4. The van der Waals surface area contributed by atoms with Crippen molar-refractivity contribution in [3.05, 3.63) is 40.7 Å². The standard InChI is InChI=1S/C16H16F4O/c1-15(2)6-5-11(9-21)12(8-15)10-3-4-13(14(17)7-10)16(18,19)20/h3-4,7,9H,5-6,8H2,1-2H3. The first-order chi connectivity index (χ1) is 9.64. The molecule has 0 amide bonds. The van der Waals surface area contributed by atoms with Gasteiger partial charge >= 0.3 is 6.18 Å². The number of rotatable bonds is 2. The quantitative estimate of drug-likeness (QED) is 0.554. The first kappa shape index (κ1) is 15.7. The summed E-state index contributed by atoms with van der Waals surface area (Å²) < 4.78 is 51.4. The molecule has 2 rings (SSSR count). The van der Waals surface area contributed by atoms with Crippen molar-refractivity contribution < 1.29 is 22.4 Å². The monoisotopic (exact) mass is 300 g/mol. The van der Waals surface area contributed by atoms with E-state index in [1.54, 1.807) is 0 Å². The molecule has 0 saturated heterocycles. The first-order valence-electron chi connectivity index (χ1n) is 6.68. The smallest absolute Gasteiger partial charge is 0.298 e. The van der Waals surface area contributed by atoms with E-state index in [0.29, 0.717) is 29.6 Å². The lowest BCUT2D eigenvalue weighted by Crippen LogP contribution is -2.18. The van der Waals surface area contributed by atoms with Gasteiger partial charge in [0.1, 0.15) is 12.1 Å². The lowest BCUT2D eigenvalue weighted by Gasteiger charge is -2.32. The largest absolute Gasteiger partial charge is 0.419 e. The zero-order valence-electron chi connectivity index (χ0n) is 11.9. The molecule has 0 aromatic heterocycles. The lowest BCUT2D eigenvalue weighted by molar-refractivity contribution is -0.140. The molecule has 0 atom stereocenters. The van der Waals surface area contributed by atoms with Crippen LogP contribution in [-0.4, -0.2) is 6.29 Å². The Kier molecular flexibility index (Phi) is 3.95. The Labute approximate surface area is 120 Å². The number of carbonyl (C=O) groups is 1. The fourth-order valence-electron chi connectivity index (χ4n) is 2.65. The Bertz CT molecular complexity index is 597. The van der Waals surface area contributed by atoms with Crippen molar-refractivity contribution in [1.82, 2.24) is 0 Å². The van der Waals surface area contributed by atoms with Gasteiger partial charge in [0.2, 0.25) is 0 Å². The molecule has 0 heterocycles. The van der Waals surface area contributed by atoms with Gasteiger partial charge in [-0.15, -0.1) is 0 Å². The maximum Gasteiger partial charge on any atom is 0.419 e. The van der Waals surface area contributed by atoms with Crippen molar-refractivity contribution in [2.24, 2.45) is 5.41 Å². The van der Waals surface area contributed by atoms with Crippen LogP contribution >= 0.6 is 0 Å². The van der Waals surface area contributed by atoms with E-state index in [1.807, 2.05) is 13.8 Å². The number of hydrogen-bond acceptors (Lipinski definition) is 1. The van der Waals surface area contributed by atoms with Crippen LogP contribution in [0.1, 0.15) is 44.2 Å². The molecule has 21 heavy (non-hydrogen) atoms. The van der Waals surface area contributed by atoms with Gasteiger partial charge in [0.15, 0.2) is 0 Å². The van der Waals surface area contributed by atoms with Crippen LogP contribution in [0.4, 0.5) is 17.6 Å². The Balaban J connectivity index is 2.48. The summed E-state index contributed by atoms with van der Waals surface area (Å²) in [7, 11) is 0. The summed E-state index contributed by atoms with van der Waals surface area (Å²) in [5, 5.41) is 0. The average molecular weight is 300 g/mol. The molecule has 0 radical (unpaired) electrons. The van der Waals surface area contributed by atoms with Crippen LogP contribution in [0.25, 0.3) is 5.57 Å². The van der Waals surface area contributed by atoms with Crippen LogP contribution < -0.4 is 0 Å². The number of benzene rings is 1. The van der Waals surface area contributed by atoms with Crippen molar-refractivity contribution in [3.8, 4) is 0 Å². The second kappa shape index (κ2) is 5.28. The molecule has 1 aliphatic carbocycles. The Morgan fingerprint density at radius 1 is 1.24 bits per heavy atom. The molecule has 0 unspecified atom stereocenters. The molecule has 0 saturated carbocycles. The van der Waals surface area contributed by atoms with Gasteiger partial charge in [0.25, 0.3) is 0 Å². The molecule has 1 aromatic rings. The second-order valence-corrected chi connectivity index (χ2v) is 6.16. The third-order valence-electron chi connectivity index (χ3n) is 3.88. The van der Waals surface area contributed by atoms with Crippen LogP contribution in [0.2, 0.25) is 0 Å². The molecule has 1 aromatic carbocycles. The summed E-state index contributed by atoms with van der Waals surface area (Å²) in [5.74, 6) is -1.30. The van der Waals surface area contributed by atoms with Crippen LogP contribution in [0.15, 0.2) is 23.8 Å². The molecule has 0 aliphatic heterocycles. The number of hydrogen-bond donors (Lipinski definition) is 0. The zero-order chi connectivity index (χ0) is 15.8. The predicted molar refractivity (Wildman–Crippen MR) is 72.0 cm³/mol. The van der Waals surface area contributed by atoms with E-state index in [9.17, 15) is 22.4 Å². The highest BCUT2D eigenvalue weighted by Gasteiger charge is 2.34. The van der Waals surface area contributed by atoms with E-state index in [1.165, 1.54) is 6.07 Å². The summed E-state index contributed by atoms with van der Waals surface area (Å²) in [5.41, 5.74) is 0.216. The minimum absolute atomic E-state index is 0.0545. The van der Waals surface area contributed by atoms with Crippen LogP contribution in [0.5, 0.6) is 0 Å². The minimum Gasteiger partial charge on any atom is -0.298 e. The van der Waals surface area contributed by atoms with Crippen molar-refractivity contribution in [1.29, 1.82) is 0 Å². The van der Waals surface area contributed by atoms with Crippen molar-refractivity contribution >= 4 is 11.9 Å². The topological polar surface area (TPSA) is 17.1 Å². The SMILES string of the molecule is CC1(C)CCC(C=O)=C(c2ccc(C(F)(F)F)c(F)c2)C1. The summed E-state index contributed by atoms with van der Waals surface area (Å²) in [6, 6.07) is 2.86. The van der Waals surface area contributed by atoms with Gasteiger partial charge in [-0.3, -0.25) is 4.79 Å². The van der Waals surface area contributed by atoms with Crippen molar-refractivity contribution in [2.45, 2.75) is 39.3 Å². The fraction of sp³-hybridized carbons (Fsp3) is 0.438. The number of halogens is 4. The number of carbonyl (C=O) groups excluding carboxylic acids is 1. The zero-order valence-corrected chi connectivity index (χ0v) is 11.9. The van der Waals surface area contributed by atoms with Gasteiger partial charge in [-0.2, -0.15) is 13.2 Å². The van der Waals surface area contributed by atoms with Gasteiger partial charge in [0.05, 0.1) is 5.56 Å². The minimum atomic E-state index is -4.71. The molecule has 0 bridgehead atoms. The summed E-state index contributed by atoms with van der Waals surface area (Å²) in [6.07, 6.45) is -2.05. The third-order valence-corrected chi connectivity index (χ3v) is 3.88. The molecular formula is C16H16F4O. The maximum absolute atomic E-state index is 13.7. The molecule has 0 spiro atoms. The van der Waals surface area contributed by atoms with E-state index in [0.717, 1.165) is 24.8 Å². The van der Waals surface area contributed by atoms with Crippen LogP contribution in [-0.2, 0) is 11.0 Å². The Morgan fingerprint density at radius 3 is 2.43 bits per heavy atom. The van der Waals surface area contributed by atoms with E-state index in [4.69, 9.17) is 0 Å². The van der Waals surface area contributed by atoms with E-state index >= 15 is 0 Å². The van der Waals surface area contributed by atoms with Crippen LogP contribution in [0, 0.1) is 11.2 Å². The van der Waals surface area contributed by atoms with Crippen molar-refractivity contribution in [3.63, 3.8) is 0 Å². The van der Waals surface area contributed by atoms with Gasteiger partial charge < -0.3 is 0 Å². The second-order valence-electron chi connectivity index (χ2n) is 6.16. The first-order valence-corrected chi connectivity index (χ1v) is 6.68. The average Bonchev–Trinajstić information content (AvgIpc) is 2.36. The molecular weight excluding hydrogens is 284 g/mol. The maximum atomic E-state index is 13.7. The summed E-state index contributed by atoms with van der Waals surface area (Å²) in [4.78, 5) is 11.1. The normalized spacial score (nSPS) is 18.8. The number of aldehydes is 1. The molecule has 0 fully saturated rings. The molecule has 114 valence electrons. The highest BCUT2D eigenvalue weighted by molar-refractivity contribution is 5.89. The van der Waals surface area contributed by atoms with Gasteiger partial charge in [-0.1, -0.05) is 19.9 Å². The van der Waals surface area contributed by atoms with Crippen LogP contribution in [0.3, 0.4) is 0 Å². The van der Waals surface area contributed by atoms with E-state index < -0.39 is 17.6 Å². The summed E-state index contributed by atoms with van der Waals surface area (Å²) in [6.45, 7) is 4.05. The predicted octanol–water partition coefficient (Wildman–Crippen LogP) is 5.01. The van der Waals surface area contributed by atoms with E-state index in [2.05, 4.69) is 0 Å². The Morgan fingerprint density at radius 2 is 1.90 bits per heavy atom. The lowest BCUT2D eigenvalue weighted by atomic mass is 9.73. The molecule has 0 N–H and O–H groups in total. The highest BCUT2D eigenvalue weighted by Crippen LogP contribution is 2.43. The molecule has 5 heteroatoms. The van der Waals surface area contributed by atoms with Gasteiger partial charge in [-0.05, 0) is 53.5 Å². The third kappa shape index (κ3) is 3.34. The van der Waals surface area contributed by atoms with Gasteiger partial charge in [-0.25, -0.2) is 4.39 Å². The van der Waals surface area contributed by atoms with E-state index in [-0.39, 0.29) is 5.41 Å².